The maximum atomic E-state index is 12.6. The van der Waals surface area contributed by atoms with Crippen molar-refractivity contribution in [3.05, 3.63) is 22.2 Å². The van der Waals surface area contributed by atoms with Gasteiger partial charge in [-0.05, 0) is 15.9 Å². The summed E-state index contributed by atoms with van der Waals surface area (Å²) < 4.78 is 36.4. The van der Waals surface area contributed by atoms with Crippen molar-refractivity contribution >= 4 is 21.6 Å². The van der Waals surface area contributed by atoms with E-state index in [1.807, 2.05) is 0 Å². The van der Waals surface area contributed by atoms with Crippen LogP contribution in [0.5, 0.6) is 0 Å². The molecule has 6 heteroatoms. The summed E-state index contributed by atoms with van der Waals surface area (Å²) in [6.45, 7) is 0. The van der Waals surface area contributed by atoms with Crippen LogP contribution in [0.2, 0.25) is 0 Å². The molecule has 0 fully saturated rings. The van der Waals surface area contributed by atoms with Crippen LogP contribution in [-0.2, 0) is 0 Å². The Morgan fingerprint density at radius 1 is 1.50 bits per heavy atom. The predicted octanol–water partition coefficient (Wildman–Crippen LogP) is 2.50. The Morgan fingerprint density at radius 2 is 2.08 bits per heavy atom. The van der Waals surface area contributed by atoms with E-state index in [0.717, 1.165) is 6.07 Å². The zero-order chi connectivity index (χ0) is 9.30. The minimum atomic E-state index is -2.79. The number of rotatable bonds is 1. The van der Waals surface area contributed by atoms with E-state index in [1.165, 1.54) is 0 Å². The average Bonchev–Trinajstić information content (AvgIpc) is 1.96. The fourth-order valence-corrected chi connectivity index (χ4v) is 0.974. The van der Waals surface area contributed by atoms with Gasteiger partial charge in [-0.15, -0.1) is 0 Å². The molecule has 0 unspecified atom stereocenters. The molecule has 0 amide bonds. The molecule has 1 heterocycles. The molecule has 0 atom stereocenters. The van der Waals surface area contributed by atoms with Gasteiger partial charge in [-0.25, -0.2) is 18.2 Å². The van der Waals surface area contributed by atoms with Gasteiger partial charge in [0.15, 0.2) is 5.82 Å². The topological polar surface area (TPSA) is 38.9 Å². The third-order valence-corrected chi connectivity index (χ3v) is 1.76. The molecular formula is C6H4BrF3N2. The molecule has 0 saturated carbocycles. The number of halogens is 4. The van der Waals surface area contributed by atoms with Gasteiger partial charge in [-0.3, -0.25) is 0 Å². The lowest BCUT2D eigenvalue weighted by molar-refractivity contribution is 0.146. The highest BCUT2D eigenvalue weighted by Gasteiger charge is 2.15. The lowest BCUT2D eigenvalue weighted by Gasteiger charge is -2.03. The van der Waals surface area contributed by atoms with E-state index in [0.29, 0.717) is 0 Å². The number of hydrogen-bond donors (Lipinski definition) is 1. The van der Waals surface area contributed by atoms with Gasteiger partial charge in [0.1, 0.15) is 10.3 Å². The number of nitrogens with zero attached hydrogens (tertiary/aromatic N) is 1. The minimum absolute atomic E-state index is 0.257. The Kier molecular flexibility index (Phi) is 2.56. The number of alkyl halides is 2. The first kappa shape index (κ1) is 9.31. The van der Waals surface area contributed by atoms with Crippen LogP contribution in [0.15, 0.2) is 10.7 Å². The number of pyridine rings is 1. The molecule has 0 radical (unpaired) electrons. The molecule has 1 aromatic rings. The number of nitrogens with two attached hydrogens (primary N) is 1. The second kappa shape index (κ2) is 3.30. The van der Waals surface area contributed by atoms with Crippen LogP contribution in [0, 0.1) is 5.82 Å². The number of hydrogen-bond acceptors (Lipinski definition) is 2. The van der Waals surface area contributed by atoms with Crippen molar-refractivity contribution in [3.63, 3.8) is 0 Å². The number of nitrogen functional groups attached to an aromatic ring is 1. The van der Waals surface area contributed by atoms with Gasteiger partial charge >= 0.3 is 0 Å². The minimum Gasteiger partial charge on any atom is -0.397 e. The van der Waals surface area contributed by atoms with Crippen LogP contribution in [0.4, 0.5) is 18.9 Å². The van der Waals surface area contributed by atoms with Crippen LogP contribution in [0.25, 0.3) is 0 Å². The monoisotopic (exact) mass is 240 g/mol. The average molecular weight is 241 g/mol. The first-order valence-corrected chi connectivity index (χ1v) is 3.71. The SMILES string of the molecule is Nc1cc(F)c(Br)nc1C(F)F. The Hall–Kier alpha value is -0.780. The molecule has 0 spiro atoms. The van der Waals surface area contributed by atoms with Crippen molar-refractivity contribution in [3.8, 4) is 0 Å². The van der Waals surface area contributed by atoms with Gasteiger partial charge < -0.3 is 5.73 Å². The smallest absolute Gasteiger partial charge is 0.282 e. The van der Waals surface area contributed by atoms with Gasteiger partial charge in [-0.1, -0.05) is 0 Å². The zero-order valence-corrected chi connectivity index (χ0v) is 7.28. The molecule has 2 N–H and O–H groups in total. The molecule has 0 saturated heterocycles. The second-order valence-corrected chi connectivity index (χ2v) is 2.79. The number of aromatic nitrogens is 1. The molecule has 1 rings (SSSR count). The summed E-state index contributed by atoms with van der Waals surface area (Å²) in [6.07, 6.45) is -2.79. The Labute approximate surface area is 74.7 Å². The van der Waals surface area contributed by atoms with E-state index in [1.54, 1.807) is 0 Å². The van der Waals surface area contributed by atoms with Gasteiger partial charge in [0.2, 0.25) is 0 Å². The summed E-state index contributed by atoms with van der Waals surface area (Å²) >= 11 is 2.67. The maximum absolute atomic E-state index is 12.6. The Balaban J connectivity index is 3.23. The van der Waals surface area contributed by atoms with Crippen LogP contribution in [-0.4, -0.2) is 4.98 Å². The molecule has 1 aromatic heterocycles. The van der Waals surface area contributed by atoms with Crippen molar-refractivity contribution in [2.75, 3.05) is 5.73 Å². The van der Waals surface area contributed by atoms with Crippen LogP contribution < -0.4 is 5.73 Å². The fourth-order valence-electron chi connectivity index (χ4n) is 0.669. The molecule has 2 nitrogen and oxygen atoms in total. The van der Waals surface area contributed by atoms with Gasteiger partial charge in [0.25, 0.3) is 6.43 Å². The summed E-state index contributed by atoms with van der Waals surface area (Å²) in [6, 6.07) is 0.804. The van der Waals surface area contributed by atoms with Crippen LogP contribution in [0.1, 0.15) is 12.1 Å². The molecule has 0 aliphatic rings. The largest absolute Gasteiger partial charge is 0.397 e. The summed E-state index contributed by atoms with van der Waals surface area (Å²) in [5.41, 5.74) is 4.14. The van der Waals surface area contributed by atoms with Crippen molar-refractivity contribution in [2.45, 2.75) is 6.43 Å². The maximum Gasteiger partial charge on any atom is 0.282 e. The van der Waals surface area contributed by atoms with E-state index < -0.39 is 17.9 Å². The number of anilines is 1. The Bertz CT molecular complexity index is 303. The highest BCUT2D eigenvalue weighted by Crippen LogP contribution is 2.26. The normalized spacial score (nSPS) is 10.8. The lowest BCUT2D eigenvalue weighted by atomic mass is 10.3. The van der Waals surface area contributed by atoms with Crippen molar-refractivity contribution in [1.29, 1.82) is 0 Å². The standard InChI is InChI=1S/C6H4BrF3N2/c7-5-2(8)1-3(11)4(12-5)6(9)10/h1,6H,11H2. The van der Waals surface area contributed by atoms with Gasteiger partial charge in [-0.2, -0.15) is 0 Å². The highest BCUT2D eigenvalue weighted by molar-refractivity contribution is 9.10. The summed E-state index contributed by atoms with van der Waals surface area (Å²) in [7, 11) is 0. The quantitative estimate of drug-likeness (QED) is 0.767. The second-order valence-electron chi connectivity index (χ2n) is 2.04. The van der Waals surface area contributed by atoms with E-state index in [9.17, 15) is 13.2 Å². The molecule has 12 heavy (non-hydrogen) atoms. The molecule has 0 aliphatic carbocycles. The molecule has 0 aliphatic heterocycles. The van der Waals surface area contributed by atoms with E-state index in [2.05, 4.69) is 20.9 Å². The highest BCUT2D eigenvalue weighted by atomic mass is 79.9. The molecule has 66 valence electrons. The van der Waals surface area contributed by atoms with Crippen molar-refractivity contribution < 1.29 is 13.2 Å². The van der Waals surface area contributed by atoms with E-state index in [-0.39, 0.29) is 10.3 Å². The molecular weight excluding hydrogens is 237 g/mol. The third-order valence-electron chi connectivity index (χ3n) is 1.20. The van der Waals surface area contributed by atoms with Crippen molar-refractivity contribution in [2.24, 2.45) is 0 Å². The van der Waals surface area contributed by atoms with Crippen LogP contribution >= 0.6 is 15.9 Å². The first-order valence-electron chi connectivity index (χ1n) is 2.92. The lowest BCUT2D eigenvalue weighted by Crippen LogP contribution is -2.00. The summed E-state index contributed by atoms with van der Waals surface area (Å²) in [4.78, 5) is 3.24. The van der Waals surface area contributed by atoms with Gasteiger partial charge in [0.05, 0.1) is 5.69 Å². The van der Waals surface area contributed by atoms with Crippen molar-refractivity contribution in [1.82, 2.24) is 4.98 Å². The summed E-state index contributed by atoms with van der Waals surface area (Å²) in [5, 5.41) is 0. The molecule has 0 aromatic carbocycles. The third kappa shape index (κ3) is 1.69. The van der Waals surface area contributed by atoms with Crippen LogP contribution in [0.3, 0.4) is 0 Å². The Morgan fingerprint density at radius 3 is 2.58 bits per heavy atom. The predicted molar refractivity (Wildman–Crippen MR) is 41.3 cm³/mol. The first-order chi connectivity index (χ1) is 5.52. The zero-order valence-electron chi connectivity index (χ0n) is 5.69. The van der Waals surface area contributed by atoms with E-state index >= 15 is 0 Å². The summed E-state index contributed by atoms with van der Waals surface area (Å²) in [5.74, 6) is -0.753. The fraction of sp³-hybridized carbons (Fsp3) is 0.167. The molecule has 0 bridgehead atoms. The van der Waals surface area contributed by atoms with Gasteiger partial charge in [0, 0.05) is 6.07 Å². The van der Waals surface area contributed by atoms with E-state index in [4.69, 9.17) is 5.73 Å².